The average Bonchev–Trinajstić information content (AvgIpc) is 3.14. The number of aryl methyl sites for hydroxylation is 1. The molecule has 0 N–H and O–H groups in total. The van der Waals surface area contributed by atoms with Gasteiger partial charge >= 0.3 is 0 Å². The quantitative estimate of drug-likeness (QED) is 0.813. The van der Waals surface area contributed by atoms with Crippen molar-refractivity contribution in [3.05, 3.63) is 24.0 Å². The summed E-state index contributed by atoms with van der Waals surface area (Å²) in [5.41, 5.74) is 0.365. The molecule has 140 valence electrons. The maximum Gasteiger partial charge on any atom is 0.270 e. The molecule has 0 saturated carbocycles. The number of hydrogen-bond acceptors (Lipinski definition) is 4. The highest BCUT2D eigenvalue weighted by atomic mass is 16.6. The van der Waals surface area contributed by atoms with Gasteiger partial charge in [-0.3, -0.25) is 4.79 Å². The number of carbonyl (C=O) groups excluding carboxylic acids is 1. The van der Waals surface area contributed by atoms with Crippen molar-refractivity contribution < 1.29 is 14.3 Å². The fraction of sp³-hybridized carbons (Fsp3) is 0.737. The van der Waals surface area contributed by atoms with Crippen molar-refractivity contribution in [3.63, 3.8) is 0 Å². The van der Waals surface area contributed by atoms with Crippen LogP contribution in [0.5, 0.6) is 0 Å². The van der Waals surface area contributed by atoms with Gasteiger partial charge in [0.1, 0.15) is 11.3 Å². The van der Waals surface area contributed by atoms with Gasteiger partial charge < -0.3 is 23.8 Å². The summed E-state index contributed by atoms with van der Waals surface area (Å²) < 4.78 is 14.2. The molecule has 1 amide bonds. The molecule has 6 nitrogen and oxygen atoms in total. The minimum absolute atomic E-state index is 0.0631. The lowest BCUT2D eigenvalue weighted by atomic mass is 10.00. The van der Waals surface area contributed by atoms with Crippen LogP contribution in [0.1, 0.15) is 37.2 Å². The van der Waals surface area contributed by atoms with E-state index >= 15 is 0 Å². The molecule has 3 rings (SSSR count). The molecule has 2 aliphatic rings. The summed E-state index contributed by atoms with van der Waals surface area (Å²) in [6.45, 7) is 9.80. The van der Waals surface area contributed by atoms with Gasteiger partial charge in [-0.15, -0.1) is 0 Å². The molecule has 3 heterocycles. The predicted molar refractivity (Wildman–Crippen MR) is 96.8 cm³/mol. The van der Waals surface area contributed by atoms with Crippen LogP contribution in [-0.2, 0) is 16.5 Å². The van der Waals surface area contributed by atoms with Crippen molar-refractivity contribution in [2.45, 2.75) is 38.4 Å². The van der Waals surface area contributed by atoms with Crippen molar-refractivity contribution in [3.8, 4) is 0 Å². The van der Waals surface area contributed by atoms with E-state index in [1.165, 1.54) is 0 Å². The topological polar surface area (TPSA) is 46.9 Å². The third-order valence-corrected chi connectivity index (χ3v) is 5.49. The number of likely N-dealkylation sites (N-methyl/N-ethyl adjacent to an activating group) is 1. The van der Waals surface area contributed by atoms with Gasteiger partial charge in [-0.05, 0) is 38.1 Å². The summed E-state index contributed by atoms with van der Waals surface area (Å²) >= 11 is 0. The molecule has 1 spiro atoms. The minimum Gasteiger partial charge on any atom is -0.377 e. The largest absolute Gasteiger partial charge is 0.377 e. The molecule has 2 atom stereocenters. The number of rotatable bonds is 5. The van der Waals surface area contributed by atoms with E-state index in [-0.39, 0.29) is 17.6 Å². The lowest BCUT2D eigenvalue weighted by Gasteiger charge is -2.32. The van der Waals surface area contributed by atoms with Crippen LogP contribution in [0.4, 0.5) is 0 Å². The summed E-state index contributed by atoms with van der Waals surface area (Å²) in [6, 6.07) is 3.78. The van der Waals surface area contributed by atoms with Crippen LogP contribution in [0.3, 0.4) is 0 Å². The number of amides is 1. The van der Waals surface area contributed by atoms with Crippen LogP contribution in [0.15, 0.2) is 18.3 Å². The normalized spacial score (nSPS) is 27.2. The maximum atomic E-state index is 12.9. The van der Waals surface area contributed by atoms with Gasteiger partial charge in [0.25, 0.3) is 5.91 Å². The Kier molecular flexibility index (Phi) is 5.81. The smallest absolute Gasteiger partial charge is 0.270 e. The highest BCUT2D eigenvalue weighted by molar-refractivity contribution is 5.92. The zero-order valence-corrected chi connectivity index (χ0v) is 15.7. The number of ether oxygens (including phenoxy) is 2. The molecule has 2 aliphatic heterocycles. The van der Waals surface area contributed by atoms with E-state index in [1.807, 2.05) is 34.8 Å². The van der Waals surface area contributed by atoms with Gasteiger partial charge in [0.05, 0.1) is 25.9 Å². The van der Waals surface area contributed by atoms with Crippen molar-refractivity contribution in [1.29, 1.82) is 0 Å². The van der Waals surface area contributed by atoms with Crippen LogP contribution in [0.2, 0.25) is 0 Å². The van der Waals surface area contributed by atoms with Crippen molar-refractivity contribution in [1.82, 2.24) is 14.4 Å². The molecule has 2 fully saturated rings. The molecule has 0 unspecified atom stereocenters. The molecule has 1 aromatic heterocycles. The zero-order valence-electron chi connectivity index (χ0n) is 15.7. The molecule has 0 radical (unpaired) electrons. The highest BCUT2D eigenvalue weighted by Gasteiger charge is 2.44. The second kappa shape index (κ2) is 7.89. The highest BCUT2D eigenvalue weighted by Crippen LogP contribution is 2.33. The summed E-state index contributed by atoms with van der Waals surface area (Å²) in [7, 11) is 1.91. The Morgan fingerprint density at radius 3 is 2.88 bits per heavy atom. The lowest BCUT2D eigenvalue weighted by molar-refractivity contribution is -0.0896. The van der Waals surface area contributed by atoms with E-state index in [0.717, 1.165) is 38.2 Å². The molecule has 2 saturated heterocycles. The Labute approximate surface area is 150 Å². The average molecular weight is 349 g/mol. The van der Waals surface area contributed by atoms with Gasteiger partial charge in [-0.25, -0.2) is 0 Å². The number of hydrogen-bond donors (Lipinski definition) is 0. The molecule has 1 aromatic rings. The number of nitrogens with zero attached hydrogens (tertiary/aromatic N) is 3. The fourth-order valence-electron chi connectivity index (χ4n) is 3.94. The first-order chi connectivity index (χ1) is 12.1. The van der Waals surface area contributed by atoms with Crippen LogP contribution < -0.4 is 0 Å². The first kappa shape index (κ1) is 18.4. The monoisotopic (exact) mass is 349 g/mol. The molecule has 25 heavy (non-hydrogen) atoms. The van der Waals surface area contributed by atoms with Gasteiger partial charge in [-0.2, -0.15) is 0 Å². The summed E-state index contributed by atoms with van der Waals surface area (Å²) in [6.07, 6.45) is 4.12. The molecule has 0 aliphatic carbocycles. The zero-order chi connectivity index (χ0) is 17.9. The first-order valence-electron chi connectivity index (χ1n) is 9.45. The third kappa shape index (κ3) is 4.07. The van der Waals surface area contributed by atoms with E-state index in [4.69, 9.17) is 9.47 Å². The molecule has 0 aromatic carbocycles. The fourth-order valence-corrected chi connectivity index (χ4v) is 3.94. The second-order valence-corrected chi connectivity index (χ2v) is 7.23. The Morgan fingerprint density at radius 1 is 1.40 bits per heavy atom. The van der Waals surface area contributed by atoms with E-state index < -0.39 is 0 Å². The van der Waals surface area contributed by atoms with E-state index in [9.17, 15) is 4.79 Å². The lowest BCUT2D eigenvalue weighted by Crippen LogP contribution is -2.47. The Morgan fingerprint density at radius 2 is 2.20 bits per heavy atom. The minimum atomic E-state index is -0.352. The Bertz CT molecular complexity index is 584. The van der Waals surface area contributed by atoms with E-state index in [2.05, 4.69) is 18.7 Å². The van der Waals surface area contributed by atoms with Gasteiger partial charge in [0.15, 0.2) is 0 Å². The molecule has 6 heteroatoms. The summed E-state index contributed by atoms with van der Waals surface area (Å²) in [4.78, 5) is 17.2. The SMILES string of the molecule is CCN(CC)C[C@H]1CC[C@]2(COCCN(C(=O)c3cccn3C)C2)O1. The second-order valence-electron chi connectivity index (χ2n) is 7.23. The van der Waals surface area contributed by atoms with Crippen LogP contribution in [-0.4, -0.2) is 77.9 Å². The standard InChI is InChI=1S/C19H31N3O3/c1-4-21(5-2)13-16-8-9-19(25-16)14-22(11-12-24-15-19)18(23)17-7-6-10-20(17)3/h6-7,10,16H,4-5,8-9,11-15H2,1-3H3/t16-,19+/m1/s1. The summed E-state index contributed by atoms with van der Waals surface area (Å²) in [5, 5.41) is 0. The first-order valence-corrected chi connectivity index (χ1v) is 9.45. The molecular formula is C19H31N3O3. The van der Waals surface area contributed by atoms with Crippen LogP contribution >= 0.6 is 0 Å². The Hall–Kier alpha value is -1.37. The Balaban J connectivity index is 1.68. The maximum absolute atomic E-state index is 12.9. The van der Waals surface area contributed by atoms with Crippen LogP contribution in [0, 0.1) is 0 Å². The van der Waals surface area contributed by atoms with Gasteiger partial charge in [0, 0.05) is 26.3 Å². The van der Waals surface area contributed by atoms with Gasteiger partial charge in [0.2, 0.25) is 0 Å². The summed E-state index contributed by atoms with van der Waals surface area (Å²) in [5.74, 6) is 0.0631. The van der Waals surface area contributed by atoms with Crippen molar-refractivity contribution in [2.24, 2.45) is 7.05 Å². The van der Waals surface area contributed by atoms with E-state index in [1.54, 1.807) is 0 Å². The number of aromatic nitrogens is 1. The predicted octanol–water partition coefficient (Wildman–Crippen LogP) is 1.76. The third-order valence-electron chi connectivity index (χ3n) is 5.49. The number of carbonyl (C=O) groups is 1. The molecule has 0 bridgehead atoms. The van der Waals surface area contributed by atoms with Crippen molar-refractivity contribution >= 4 is 5.91 Å². The van der Waals surface area contributed by atoms with Gasteiger partial charge in [-0.1, -0.05) is 13.8 Å². The molecular weight excluding hydrogens is 318 g/mol. The van der Waals surface area contributed by atoms with E-state index in [0.29, 0.717) is 26.3 Å². The van der Waals surface area contributed by atoms with Crippen molar-refractivity contribution in [2.75, 3.05) is 45.9 Å². The van der Waals surface area contributed by atoms with Crippen LogP contribution in [0.25, 0.3) is 0 Å².